The molecule has 0 aliphatic carbocycles. The van der Waals surface area contributed by atoms with E-state index in [4.69, 9.17) is 5.73 Å². The van der Waals surface area contributed by atoms with Gasteiger partial charge in [0, 0.05) is 17.0 Å². The number of aryl methyl sites for hydroxylation is 3. The number of halogens is 3. The highest BCUT2D eigenvalue weighted by Gasteiger charge is 2.30. The predicted molar refractivity (Wildman–Crippen MR) is 109 cm³/mol. The number of aromatic nitrogens is 5. The van der Waals surface area contributed by atoms with Crippen molar-refractivity contribution in [1.82, 2.24) is 19.7 Å². The first kappa shape index (κ1) is 20.6. The van der Waals surface area contributed by atoms with Crippen LogP contribution >= 0.6 is 0 Å². The van der Waals surface area contributed by atoms with Crippen LogP contribution in [0.25, 0.3) is 28.0 Å². The maximum absolute atomic E-state index is 12.8. The van der Waals surface area contributed by atoms with Gasteiger partial charge in [0.2, 0.25) is 5.65 Å². The maximum Gasteiger partial charge on any atom is 0.428 e. The Morgan fingerprint density at radius 3 is 2.32 bits per heavy atom. The second kappa shape index (κ2) is 7.53. The third-order valence-corrected chi connectivity index (χ3v) is 4.85. The molecule has 0 saturated carbocycles. The lowest BCUT2D eigenvalue weighted by Crippen LogP contribution is -2.44. The Bertz CT molecular complexity index is 1300. The number of alkyl halides is 3. The second-order valence-corrected chi connectivity index (χ2v) is 7.29. The Balaban J connectivity index is 2.05. The molecule has 31 heavy (non-hydrogen) atoms. The summed E-state index contributed by atoms with van der Waals surface area (Å²) in [6.45, 7) is 3.12. The number of hydrogen-bond acceptors (Lipinski definition) is 4. The average molecular weight is 429 g/mol. The first-order valence-corrected chi connectivity index (χ1v) is 9.56. The van der Waals surface area contributed by atoms with E-state index in [0.717, 1.165) is 31.6 Å². The minimum absolute atomic E-state index is 0.118. The topological polar surface area (TPSA) is 93.7 Å². The van der Waals surface area contributed by atoms with Gasteiger partial charge in [-0.15, -0.1) is 9.38 Å². The molecule has 0 amide bonds. The average Bonchev–Trinajstić information content (AvgIpc) is 3.02. The monoisotopic (exact) mass is 429 g/mol. The fraction of sp³-hybridized carbons (Fsp3) is 0.238. The molecule has 0 fully saturated rings. The Labute approximate surface area is 175 Å². The molecule has 0 radical (unpaired) electrons. The van der Waals surface area contributed by atoms with E-state index < -0.39 is 24.8 Å². The number of aromatic amines is 1. The Morgan fingerprint density at radius 1 is 1.06 bits per heavy atom. The van der Waals surface area contributed by atoms with Crippen LogP contribution in [-0.2, 0) is 6.54 Å². The van der Waals surface area contributed by atoms with Crippen molar-refractivity contribution < 1.29 is 17.6 Å². The summed E-state index contributed by atoms with van der Waals surface area (Å²) in [4.78, 5) is 21.7. The SMILES string of the molecule is Cc1cc(-c2c(-c3ccccc3)nc(N)[n+]3c(=O)n(CCC(F)(F)F)[nH]c23)cc(C)n1. The van der Waals surface area contributed by atoms with Crippen molar-refractivity contribution in [1.29, 1.82) is 0 Å². The molecule has 0 unspecified atom stereocenters. The number of H-pyrrole nitrogens is 1. The number of nitrogens with zero attached hydrogens (tertiary/aromatic N) is 4. The molecule has 0 saturated heterocycles. The van der Waals surface area contributed by atoms with E-state index in [1.807, 2.05) is 56.3 Å². The molecule has 0 aliphatic heterocycles. The summed E-state index contributed by atoms with van der Waals surface area (Å²) in [5.74, 6) is -0.118. The summed E-state index contributed by atoms with van der Waals surface area (Å²) >= 11 is 0. The molecule has 3 aromatic heterocycles. The number of nitrogen functional groups attached to an aromatic ring is 1. The molecule has 160 valence electrons. The fourth-order valence-electron chi connectivity index (χ4n) is 3.60. The highest BCUT2D eigenvalue weighted by Crippen LogP contribution is 2.33. The Hall–Kier alpha value is -3.69. The molecule has 7 nitrogen and oxygen atoms in total. The fourth-order valence-corrected chi connectivity index (χ4v) is 3.60. The van der Waals surface area contributed by atoms with E-state index in [0.29, 0.717) is 11.3 Å². The van der Waals surface area contributed by atoms with E-state index in [1.165, 1.54) is 0 Å². The van der Waals surface area contributed by atoms with Gasteiger partial charge in [0.15, 0.2) is 0 Å². The molecule has 0 bridgehead atoms. The summed E-state index contributed by atoms with van der Waals surface area (Å²) in [5, 5.41) is 2.82. The zero-order valence-electron chi connectivity index (χ0n) is 16.9. The third-order valence-electron chi connectivity index (χ3n) is 4.85. The Kier molecular flexibility index (Phi) is 5.00. The number of hydrogen-bond donors (Lipinski definition) is 2. The Morgan fingerprint density at radius 2 is 1.71 bits per heavy atom. The maximum atomic E-state index is 12.8. The van der Waals surface area contributed by atoms with E-state index >= 15 is 0 Å². The van der Waals surface area contributed by atoms with Crippen LogP contribution in [0.15, 0.2) is 47.3 Å². The predicted octanol–water partition coefficient (Wildman–Crippen LogP) is 3.19. The van der Waals surface area contributed by atoms with Gasteiger partial charge < -0.3 is 5.73 Å². The first-order valence-electron chi connectivity index (χ1n) is 9.56. The lowest BCUT2D eigenvalue weighted by atomic mass is 9.99. The van der Waals surface area contributed by atoms with Crippen molar-refractivity contribution in [2.45, 2.75) is 33.0 Å². The lowest BCUT2D eigenvalue weighted by molar-refractivity contribution is -0.516. The molecule has 4 rings (SSSR count). The van der Waals surface area contributed by atoms with Gasteiger partial charge in [-0.05, 0) is 31.5 Å². The summed E-state index contributed by atoms with van der Waals surface area (Å²) in [6.07, 6.45) is -5.55. The van der Waals surface area contributed by atoms with Gasteiger partial charge in [0.05, 0.1) is 18.5 Å². The molecule has 3 N–H and O–H groups in total. The molecule has 0 aliphatic rings. The largest absolute Gasteiger partial charge is 0.428 e. The highest BCUT2D eigenvalue weighted by atomic mass is 19.4. The summed E-state index contributed by atoms with van der Waals surface area (Å²) in [7, 11) is 0. The van der Waals surface area contributed by atoms with Crippen LogP contribution in [0.3, 0.4) is 0 Å². The van der Waals surface area contributed by atoms with Crippen LogP contribution in [0.5, 0.6) is 0 Å². The number of benzene rings is 1. The van der Waals surface area contributed by atoms with Crippen LogP contribution < -0.4 is 15.8 Å². The van der Waals surface area contributed by atoms with Gasteiger partial charge >= 0.3 is 17.8 Å². The minimum Gasteiger partial charge on any atom is -0.319 e. The molecule has 0 spiro atoms. The standard InChI is InChI=1S/C21H19F3N6O/c1-12-10-15(11-13(2)26-12)16-17(14-6-4-3-5-7-14)27-19(25)30-18(16)28-29(20(30)31)9-8-21(22,23)24/h3-7,10-11H,8-9H2,1-2H3,(H2,25,26,27,28)/p+1. The molecular formula is C21H20F3N6O+. The molecule has 3 heterocycles. The van der Waals surface area contributed by atoms with Gasteiger partial charge in [0.25, 0.3) is 0 Å². The first-order chi connectivity index (χ1) is 14.6. The van der Waals surface area contributed by atoms with Crippen LogP contribution in [-0.4, -0.2) is 25.9 Å². The number of rotatable bonds is 4. The van der Waals surface area contributed by atoms with E-state index in [-0.39, 0.29) is 11.6 Å². The molecule has 4 aromatic rings. The molecule has 10 heteroatoms. The van der Waals surface area contributed by atoms with Crippen molar-refractivity contribution in [3.05, 3.63) is 64.3 Å². The zero-order valence-corrected chi connectivity index (χ0v) is 16.9. The van der Waals surface area contributed by atoms with Gasteiger partial charge in [-0.25, -0.2) is 9.89 Å². The van der Waals surface area contributed by atoms with E-state index in [1.54, 1.807) is 0 Å². The van der Waals surface area contributed by atoms with Gasteiger partial charge in [-0.3, -0.25) is 4.98 Å². The molecule has 1 aromatic carbocycles. The van der Waals surface area contributed by atoms with Gasteiger partial charge in [0.1, 0.15) is 5.69 Å². The summed E-state index contributed by atoms with van der Waals surface area (Å²) < 4.78 is 40.2. The van der Waals surface area contributed by atoms with Crippen molar-refractivity contribution in [2.24, 2.45) is 0 Å². The van der Waals surface area contributed by atoms with Crippen LogP contribution in [0.4, 0.5) is 19.1 Å². The summed E-state index contributed by atoms with van der Waals surface area (Å²) in [6, 6.07) is 12.9. The number of fused-ring (bicyclic) bond motifs is 1. The number of nitrogens with one attached hydrogen (secondary N) is 1. The van der Waals surface area contributed by atoms with Crippen molar-refractivity contribution in [2.75, 3.05) is 5.73 Å². The van der Waals surface area contributed by atoms with Gasteiger partial charge in [-0.1, -0.05) is 30.3 Å². The highest BCUT2D eigenvalue weighted by molar-refractivity contribution is 5.88. The van der Waals surface area contributed by atoms with E-state index in [9.17, 15) is 18.0 Å². The smallest absolute Gasteiger partial charge is 0.319 e. The van der Waals surface area contributed by atoms with Crippen LogP contribution in [0, 0.1) is 13.8 Å². The molecular weight excluding hydrogens is 409 g/mol. The number of anilines is 1. The number of nitrogens with two attached hydrogens (primary N) is 1. The van der Waals surface area contributed by atoms with Crippen LogP contribution in [0.2, 0.25) is 0 Å². The number of pyridine rings is 1. The quantitative estimate of drug-likeness (QED) is 0.487. The molecule has 0 atom stereocenters. The van der Waals surface area contributed by atoms with Crippen molar-refractivity contribution >= 4 is 11.6 Å². The van der Waals surface area contributed by atoms with Crippen molar-refractivity contribution in [3.63, 3.8) is 0 Å². The third kappa shape index (κ3) is 4.00. The minimum atomic E-state index is -4.40. The normalized spacial score (nSPS) is 11.9. The van der Waals surface area contributed by atoms with Crippen LogP contribution in [0.1, 0.15) is 17.8 Å². The lowest BCUT2D eigenvalue weighted by Gasteiger charge is -2.10. The second-order valence-electron chi connectivity index (χ2n) is 7.29. The zero-order chi connectivity index (χ0) is 22.3. The van der Waals surface area contributed by atoms with Gasteiger partial charge in [-0.2, -0.15) is 17.9 Å². The summed E-state index contributed by atoms with van der Waals surface area (Å²) in [5.41, 5.74) is 9.67. The van der Waals surface area contributed by atoms with E-state index in [2.05, 4.69) is 15.1 Å². The van der Waals surface area contributed by atoms with Crippen molar-refractivity contribution in [3.8, 4) is 22.4 Å².